The second kappa shape index (κ2) is 5.55. The first kappa shape index (κ1) is 13.1. The van der Waals surface area contributed by atoms with Gasteiger partial charge in [-0.15, -0.1) is 0 Å². The van der Waals surface area contributed by atoms with E-state index in [0.29, 0.717) is 16.2 Å². The van der Waals surface area contributed by atoms with Crippen molar-refractivity contribution in [1.82, 2.24) is 4.98 Å². The van der Waals surface area contributed by atoms with Crippen LogP contribution < -0.4 is 0 Å². The van der Waals surface area contributed by atoms with Crippen LogP contribution in [0.25, 0.3) is 0 Å². The summed E-state index contributed by atoms with van der Waals surface area (Å²) in [5.74, 6) is -0.952. The number of carboxylic acid groups (broad SMARTS) is 1. The lowest BCUT2D eigenvalue weighted by Gasteiger charge is -2.06. The van der Waals surface area contributed by atoms with Gasteiger partial charge in [-0.05, 0) is 36.8 Å². The average Bonchev–Trinajstić information content (AvgIpc) is 2.41. The predicted molar refractivity (Wildman–Crippen MR) is 71.2 cm³/mol. The third-order valence-electron chi connectivity index (χ3n) is 2.54. The lowest BCUT2D eigenvalue weighted by atomic mass is 10.1. The van der Waals surface area contributed by atoms with Gasteiger partial charge in [0.25, 0.3) is 0 Å². The Morgan fingerprint density at radius 1 is 1.42 bits per heavy atom. The number of carboxylic acids is 1. The van der Waals surface area contributed by atoms with E-state index in [1.165, 1.54) is 11.8 Å². The zero-order valence-corrected chi connectivity index (χ0v) is 10.9. The normalized spacial score (nSPS) is 9.89. The number of aryl methyl sites for hydroxylation is 1. The maximum Gasteiger partial charge on any atom is 0.335 e. The summed E-state index contributed by atoms with van der Waals surface area (Å²) < 4.78 is 0. The predicted octanol–water partition coefficient (Wildman–Crippen LogP) is 3.11. The molecule has 4 nitrogen and oxygen atoms in total. The number of pyridine rings is 1. The molecular formula is C14H10N2O2S. The van der Waals surface area contributed by atoms with Crippen LogP contribution in [0.1, 0.15) is 21.6 Å². The van der Waals surface area contributed by atoms with E-state index in [4.69, 9.17) is 10.4 Å². The van der Waals surface area contributed by atoms with Crippen molar-refractivity contribution >= 4 is 17.7 Å². The maximum atomic E-state index is 11.1. The SMILES string of the molecule is Cc1ccc(Sc2cccnc2C#N)cc1C(=O)O. The summed E-state index contributed by atoms with van der Waals surface area (Å²) in [4.78, 5) is 16.5. The number of benzene rings is 1. The van der Waals surface area contributed by atoms with E-state index in [1.54, 1.807) is 37.4 Å². The molecule has 5 heteroatoms. The van der Waals surface area contributed by atoms with Gasteiger partial charge < -0.3 is 5.11 Å². The molecule has 1 aromatic carbocycles. The van der Waals surface area contributed by atoms with Crippen LogP contribution in [0.3, 0.4) is 0 Å². The molecule has 1 N–H and O–H groups in total. The fourth-order valence-corrected chi connectivity index (χ4v) is 2.49. The summed E-state index contributed by atoms with van der Waals surface area (Å²) >= 11 is 1.33. The largest absolute Gasteiger partial charge is 0.478 e. The number of nitrogens with zero attached hydrogens (tertiary/aromatic N) is 2. The number of hydrogen-bond acceptors (Lipinski definition) is 4. The van der Waals surface area contributed by atoms with Gasteiger partial charge in [0.1, 0.15) is 6.07 Å². The number of carbonyl (C=O) groups is 1. The number of rotatable bonds is 3. The first-order chi connectivity index (χ1) is 9.11. The minimum Gasteiger partial charge on any atom is -0.478 e. The first-order valence-corrected chi connectivity index (χ1v) is 6.30. The molecule has 0 radical (unpaired) electrons. The minimum atomic E-state index is -0.952. The Bertz CT molecular complexity index is 677. The van der Waals surface area contributed by atoms with Gasteiger partial charge in [-0.2, -0.15) is 5.26 Å². The first-order valence-electron chi connectivity index (χ1n) is 5.48. The summed E-state index contributed by atoms with van der Waals surface area (Å²) in [6.07, 6.45) is 1.56. The molecule has 0 spiro atoms. The monoisotopic (exact) mass is 270 g/mol. The molecule has 1 heterocycles. The van der Waals surface area contributed by atoms with Crippen LogP contribution in [0.5, 0.6) is 0 Å². The molecule has 0 saturated carbocycles. The van der Waals surface area contributed by atoms with E-state index >= 15 is 0 Å². The summed E-state index contributed by atoms with van der Waals surface area (Å²) in [6.45, 7) is 1.75. The Labute approximate surface area is 114 Å². The molecule has 0 atom stereocenters. The standard InChI is InChI=1S/C14H10N2O2S/c1-9-4-5-10(7-11(9)14(17)18)19-13-3-2-6-16-12(13)8-15/h2-7H,1H3,(H,17,18). The van der Waals surface area contributed by atoms with Crippen LogP contribution in [0.4, 0.5) is 0 Å². The molecule has 2 rings (SSSR count). The van der Waals surface area contributed by atoms with Crippen LogP contribution in [0, 0.1) is 18.3 Å². The summed E-state index contributed by atoms with van der Waals surface area (Å²) in [5, 5.41) is 18.0. The van der Waals surface area contributed by atoms with Gasteiger partial charge in [0.05, 0.1) is 5.56 Å². The van der Waals surface area contributed by atoms with Gasteiger partial charge in [0.15, 0.2) is 5.69 Å². The molecule has 0 aliphatic rings. The summed E-state index contributed by atoms with van der Waals surface area (Å²) in [6, 6.07) is 10.7. The number of nitriles is 1. The van der Waals surface area contributed by atoms with Crippen molar-refractivity contribution in [3.05, 3.63) is 53.3 Å². The van der Waals surface area contributed by atoms with Crippen LogP contribution in [-0.2, 0) is 0 Å². The third-order valence-corrected chi connectivity index (χ3v) is 3.58. The molecule has 19 heavy (non-hydrogen) atoms. The molecule has 0 aliphatic heterocycles. The Morgan fingerprint density at radius 3 is 2.89 bits per heavy atom. The van der Waals surface area contributed by atoms with Crippen molar-refractivity contribution in [3.8, 4) is 6.07 Å². The van der Waals surface area contributed by atoms with Crippen molar-refractivity contribution in [2.45, 2.75) is 16.7 Å². The van der Waals surface area contributed by atoms with Gasteiger partial charge in [0, 0.05) is 16.0 Å². The van der Waals surface area contributed by atoms with Crippen LogP contribution in [-0.4, -0.2) is 16.1 Å². The van der Waals surface area contributed by atoms with Crippen LogP contribution in [0.2, 0.25) is 0 Å². The average molecular weight is 270 g/mol. The zero-order chi connectivity index (χ0) is 13.8. The van der Waals surface area contributed by atoms with Gasteiger partial charge in [0.2, 0.25) is 0 Å². The topological polar surface area (TPSA) is 74.0 Å². The molecular weight excluding hydrogens is 260 g/mol. The second-order valence-corrected chi connectivity index (χ2v) is 4.96. The van der Waals surface area contributed by atoms with Crippen LogP contribution >= 0.6 is 11.8 Å². The van der Waals surface area contributed by atoms with Gasteiger partial charge in [-0.3, -0.25) is 0 Å². The fraction of sp³-hybridized carbons (Fsp3) is 0.0714. The molecule has 94 valence electrons. The van der Waals surface area contributed by atoms with Crippen molar-refractivity contribution < 1.29 is 9.90 Å². The Kier molecular flexibility index (Phi) is 3.83. The van der Waals surface area contributed by atoms with Gasteiger partial charge >= 0.3 is 5.97 Å². The van der Waals surface area contributed by atoms with E-state index in [2.05, 4.69) is 4.98 Å². The molecule has 0 amide bonds. The quantitative estimate of drug-likeness (QED) is 0.927. The second-order valence-electron chi connectivity index (χ2n) is 3.85. The van der Waals surface area contributed by atoms with E-state index in [1.807, 2.05) is 12.1 Å². The molecule has 2 aromatic rings. The molecule has 0 aliphatic carbocycles. The lowest BCUT2D eigenvalue weighted by Crippen LogP contribution is -1.99. The van der Waals surface area contributed by atoms with Gasteiger partial charge in [-0.1, -0.05) is 17.8 Å². The van der Waals surface area contributed by atoms with E-state index in [-0.39, 0.29) is 5.56 Å². The zero-order valence-electron chi connectivity index (χ0n) is 10.1. The molecule has 0 saturated heterocycles. The Balaban J connectivity index is 2.37. The maximum absolute atomic E-state index is 11.1. The lowest BCUT2D eigenvalue weighted by molar-refractivity contribution is 0.0696. The minimum absolute atomic E-state index is 0.271. The van der Waals surface area contributed by atoms with E-state index < -0.39 is 5.97 Å². The summed E-state index contributed by atoms with van der Waals surface area (Å²) in [5.41, 5.74) is 1.32. The number of aromatic nitrogens is 1. The molecule has 1 aromatic heterocycles. The highest BCUT2D eigenvalue weighted by atomic mass is 32.2. The van der Waals surface area contributed by atoms with Crippen molar-refractivity contribution in [1.29, 1.82) is 5.26 Å². The summed E-state index contributed by atoms with van der Waals surface area (Å²) in [7, 11) is 0. The van der Waals surface area contributed by atoms with Crippen molar-refractivity contribution in [2.75, 3.05) is 0 Å². The van der Waals surface area contributed by atoms with Gasteiger partial charge in [-0.25, -0.2) is 9.78 Å². The highest BCUT2D eigenvalue weighted by Gasteiger charge is 2.10. The van der Waals surface area contributed by atoms with Crippen molar-refractivity contribution in [2.24, 2.45) is 0 Å². The van der Waals surface area contributed by atoms with E-state index in [0.717, 1.165) is 4.90 Å². The molecule has 0 unspecified atom stereocenters. The number of aromatic carboxylic acids is 1. The molecule has 0 bridgehead atoms. The molecule has 0 fully saturated rings. The van der Waals surface area contributed by atoms with Crippen LogP contribution in [0.15, 0.2) is 46.3 Å². The highest BCUT2D eigenvalue weighted by Crippen LogP contribution is 2.30. The highest BCUT2D eigenvalue weighted by molar-refractivity contribution is 7.99. The van der Waals surface area contributed by atoms with Crippen molar-refractivity contribution in [3.63, 3.8) is 0 Å². The number of hydrogen-bond donors (Lipinski definition) is 1. The Morgan fingerprint density at radius 2 is 2.21 bits per heavy atom. The van der Waals surface area contributed by atoms with E-state index in [9.17, 15) is 4.79 Å². The smallest absolute Gasteiger partial charge is 0.335 e. The Hall–Kier alpha value is -2.32. The fourth-order valence-electron chi connectivity index (χ4n) is 1.58. The third kappa shape index (κ3) is 2.92.